The van der Waals surface area contributed by atoms with Crippen LogP contribution in [0.2, 0.25) is 0 Å². The molecule has 2 fully saturated rings. The van der Waals surface area contributed by atoms with Gasteiger partial charge >= 0.3 is 0 Å². The van der Waals surface area contributed by atoms with Crippen LogP contribution in [-0.2, 0) is 0 Å². The lowest BCUT2D eigenvalue weighted by Crippen LogP contribution is -2.51. The molecule has 3 unspecified atom stereocenters. The second kappa shape index (κ2) is 7.89. The number of hydrogen-bond acceptors (Lipinski definition) is 3. The van der Waals surface area contributed by atoms with Gasteiger partial charge in [-0.15, -0.1) is 0 Å². The van der Waals surface area contributed by atoms with Crippen LogP contribution < -0.4 is 5.32 Å². The molecule has 5 heteroatoms. The number of aliphatic hydroxyl groups excluding tert-OH is 1. The normalized spacial score (nSPS) is 28.0. The van der Waals surface area contributed by atoms with Crippen molar-refractivity contribution in [2.75, 3.05) is 13.1 Å². The quantitative estimate of drug-likeness (QED) is 0.883. The molecule has 3 rings (SSSR count). The van der Waals surface area contributed by atoms with Gasteiger partial charge < -0.3 is 10.4 Å². The molecule has 0 amide bonds. The zero-order valence-corrected chi connectivity index (χ0v) is 14.3. The first-order chi connectivity index (χ1) is 11.5. The zero-order chi connectivity index (χ0) is 17.1. The molecule has 3 nitrogen and oxygen atoms in total. The minimum atomic E-state index is -0.528. The third kappa shape index (κ3) is 4.32. The van der Waals surface area contributed by atoms with E-state index >= 15 is 0 Å². The third-order valence-corrected chi connectivity index (χ3v) is 5.56. The highest BCUT2D eigenvalue weighted by Gasteiger charge is 2.31. The maximum Gasteiger partial charge on any atom is 0.126 e. The molecule has 2 N–H and O–H groups in total. The number of hydrogen-bond donors (Lipinski definition) is 2. The SMILES string of the molecule is CC(NC1CCN(C2CCCCC2O)CC1)c1cc(F)cc(F)c1. The Bertz CT molecular complexity index is 526. The van der Waals surface area contributed by atoms with Gasteiger partial charge in [0.15, 0.2) is 0 Å². The highest BCUT2D eigenvalue weighted by Crippen LogP contribution is 2.26. The minimum absolute atomic E-state index is 0.0768. The average molecular weight is 338 g/mol. The summed E-state index contributed by atoms with van der Waals surface area (Å²) < 4.78 is 26.7. The lowest BCUT2D eigenvalue weighted by Gasteiger charge is -2.42. The first kappa shape index (κ1) is 17.8. The summed E-state index contributed by atoms with van der Waals surface area (Å²) in [5, 5.41) is 13.7. The number of aliphatic hydroxyl groups is 1. The fraction of sp³-hybridized carbons (Fsp3) is 0.684. The Kier molecular flexibility index (Phi) is 5.85. The Morgan fingerprint density at radius 2 is 1.67 bits per heavy atom. The maximum atomic E-state index is 13.4. The molecule has 2 aliphatic rings. The molecule has 134 valence electrons. The highest BCUT2D eigenvalue weighted by atomic mass is 19.1. The van der Waals surface area contributed by atoms with Crippen LogP contribution in [0.1, 0.15) is 57.1 Å². The predicted molar refractivity (Wildman–Crippen MR) is 90.8 cm³/mol. The molecule has 3 atom stereocenters. The van der Waals surface area contributed by atoms with Gasteiger partial charge in [-0.1, -0.05) is 12.8 Å². The summed E-state index contributed by atoms with van der Waals surface area (Å²) in [4.78, 5) is 2.43. The first-order valence-corrected chi connectivity index (χ1v) is 9.17. The molecule has 0 bridgehead atoms. The summed E-state index contributed by atoms with van der Waals surface area (Å²) >= 11 is 0. The fourth-order valence-electron chi connectivity index (χ4n) is 4.19. The van der Waals surface area contributed by atoms with E-state index < -0.39 is 11.6 Å². The maximum absolute atomic E-state index is 13.4. The van der Waals surface area contributed by atoms with Crippen molar-refractivity contribution in [3.05, 3.63) is 35.4 Å². The Labute approximate surface area is 143 Å². The zero-order valence-electron chi connectivity index (χ0n) is 14.3. The Morgan fingerprint density at radius 3 is 2.29 bits per heavy atom. The van der Waals surface area contributed by atoms with Gasteiger partial charge in [-0.05, 0) is 50.3 Å². The van der Waals surface area contributed by atoms with Gasteiger partial charge in [0, 0.05) is 37.3 Å². The van der Waals surface area contributed by atoms with Crippen LogP contribution in [0, 0.1) is 11.6 Å². The van der Waals surface area contributed by atoms with Crippen LogP contribution in [0.5, 0.6) is 0 Å². The summed E-state index contributed by atoms with van der Waals surface area (Å²) in [6.45, 7) is 3.90. The smallest absolute Gasteiger partial charge is 0.126 e. The van der Waals surface area contributed by atoms with Crippen LogP contribution in [-0.4, -0.2) is 41.3 Å². The molecular weight excluding hydrogens is 310 g/mol. The van der Waals surface area contributed by atoms with E-state index in [9.17, 15) is 13.9 Å². The van der Waals surface area contributed by atoms with E-state index in [4.69, 9.17) is 0 Å². The summed E-state index contributed by atoms with van der Waals surface area (Å²) in [7, 11) is 0. The van der Waals surface area contributed by atoms with Gasteiger partial charge in [-0.25, -0.2) is 8.78 Å². The molecule has 24 heavy (non-hydrogen) atoms. The van der Waals surface area contributed by atoms with Gasteiger partial charge in [0.05, 0.1) is 6.10 Å². The summed E-state index contributed by atoms with van der Waals surface area (Å²) in [5.41, 5.74) is 0.651. The van der Waals surface area contributed by atoms with Crippen molar-refractivity contribution in [1.82, 2.24) is 10.2 Å². The molecule has 1 aromatic rings. The van der Waals surface area contributed by atoms with Crippen LogP contribution in [0.15, 0.2) is 18.2 Å². The van der Waals surface area contributed by atoms with Crippen LogP contribution in [0.3, 0.4) is 0 Å². The van der Waals surface area contributed by atoms with Gasteiger partial charge in [-0.2, -0.15) is 0 Å². The van der Waals surface area contributed by atoms with E-state index in [1.807, 2.05) is 6.92 Å². The summed E-state index contributed by atoms with van der Waals surface area (Å²) in [6, 6.07) is 4.29. The van der Waals surface area contributed by atoms with Crippen LogP contribution in [0.4, 0.5) is 8.78 Å². The molecular formula is C19H28F2N2O. The molecule has 1 aromatic carbocycles. The number of benzene rings is 1. The van der Waals surface area contributed by atoms with E-state index in [2.05, 4.69) is 10.2 Å². The van der Waals surface area contributed by atoms with Gasteiger partial charge in [0.1, 0.15) is 11.6 Å². The van der Waals surface area contributed by atoms with Crippen molar-refractivity contribution in [2.45, 2.75) is 69.7 Å². The molecule has 1 saturated carbocycles. The lowest BCUT2D eigenvalue weighted by atomic mass is 9.89. The summed E-state index contributed by atoms with van der Waals surface area (Å²) in [5.74, 6) is -1.06. The Balaban J connectivity index is 1.51. The molecule has 0 spiro atoms. The largest absolute Gasteiger partial charge is 0.391 e. The van der Waals surface area contributed by atoms with Gasteiger partial charge in [0.2, 0.25) is 0 Å². The molecule has 0 radical (unpaired) electrons. The number of rotatable bonds is 4. The third-order valence-electron chi connectivity index (χ3n) is 5.56. The second-order valence-electron chi connectivity index (χ2n) is 7.32. The average Bonchev–Trinajstić information content (AvgIpc) is 2.55. The van der Waals surface area contributed by atoms with E-state index in [0.29, 0.717) is 17.6 Å². The Morgan fingerprint density at radius 1 is 1.04 bits per heavy atom. The van der Waals surface area contributed by atoms with Gasteiger partial charge in [0.25, 0.3) is 0 Å². The number of nitrogens with one attached hydrogen (secondary N) is 1. The topological polar surface area (TPSA) is 35.5 Å². The number of likely N-dealkylation sites (tertiary alicyclic amines) is 1. The predicted octanol–water partition coefficient (Wildman–Crippen LogP) is 3.38. The number of halogens is 2. The van der Waals surface area contributed by atoms with Crippen molar-refractivity contribution in [1.29, 1.82) is 0 Å². The summed E-state index contributed by atoms with van der Waals surface area (Å²) in [6.07, 6.45) is 6.19. The second-order valence-corrected chi connectivity index (χ2v) is 7.32. The van der Waals surface area contributed by atoms with Crippen molar-refractivity contribution >= 4 is 0 Å². The lowest BCUT2D eigenvalue weighted by molar-refractivity contribution is 0.00670. The molecule has 1 saturated heterocycles. The van der Waals surface area contributed by atoms with Crippen molar-refractivity contribution < 1.29 is 13.9 Å². The van der Waals surface area contributed by atoms with E-state index in [-0.39, 0.29) is 12.1 Å². The van der Waals surface area contributed by atoms with E-state index in [1.54, 1.807) is 0 Å². The monoisotopic (exact) mass is 338 g/mol. The van der Waals surface area contributed by atoms with Gasteiger partial charge in [-0.3, -0.25) is 4.90 Å². The molecule has 1 aliphatic heterocycles. The highest BCUT2D eigenvalue weighted by molar-refractivity contribution is 5.21. The van der Waals surface area contributed by atoms with E-state index in [1.165, 1.54) is 18.6 Å². The van der Waals surface area contributed by atoms with E-state index in [0.717, 1.165) is 51.3 Å². The Hall–Kier alpha value is -1.04. The van der Waals surface area contributed by atoms with Crippen molar-refractivity contribution in [3.63, 3.8) is 0 Å². The minimum Gasteiger partial charge on any atom is -0.391 e. The fourth-order valence-corrected chi connectivity index (χ4v) is 4.19. The van der Waals surface area contributed by atoms with Crippen molar-refractivity contribution in [3.8, 4) is 0 Å². The molecule has 0 aromatic heterocycles. The van der Waals surface area contributed by atoms with Crippen LogP contribution >= 0.6 is 0 Å². The van der Waals surface area contributed by atoms with Crippen LogP contribution in [0.25, 0.3) is 0 Å². The molecule has 1 heterocycles. The molecule has 1 aliphatic carbocycles. The first-order valence-electron chi connectivity index (χ1n) is 9.17. The number of piperidine rings is 1. The number of nitrogens with zero attached hydrogens (tertiary/aromatic N) is 1. The standard InChI is InChI=1S/C19H28F2N2O/c1-13(14-10-15(20)12-16(21)11-14)22-17-6-8-23(9-7-17)18-4-2-3-5-19(18)24/h10-13,17-19,22,24H,2-9H2,1H3. The van der Waals surface area contributed by atoms with Crippen molar-refractivity contribution in [2.24, 2.45) is 0 Å².